The summed E-state index contributed by atoms with van der Waals surface area (Å²) < 4.78 is 14.9. The van der Waals surface area contributed by atoms with Crippen LogP contribution in [0.1, 0.15) is 61.3 Å². The van der Waals surface area contributed by atoms with Gasteiger partial charge in [-0.2, -0.15) is 15.8 Å². The highest BCUT2D eigenvalue weighted by atomic mass is 16.5. The van der Waals surface area contributed by atoms with Crippen LogP contribution in [0.3, 0.4) is 0 Å². The summed E-state index contributed by atoms with van der Waals surface area (Å²) in [4.78, 5) is 0. The van der Waals surface area contributed by atoms with Crippen LogP contribution in [0, 0.1) is 41.5 Å². The van der Waals surface area contributed by atoms with E-state index in [0.29, 0.717) is 0 Å². The molecule has 0 bridgehead atoms. The van der Waals surface area contributed by atoms with Crippen molar-refractivity contribution < 1.29 is 14.2 Å². The van der Waals surface area contributed by atoms with E-state index < -0.39 is 18.3 Å². The molecule has 0 aliphatic rings. The van der Waals surface area contributed by atoms with Gasteiger partial charge in [0.05, 0.1) is 0 Å². The third-order valence-electron chi connectivity index (χ3n) is 3.54. The molecule has 0 aromatic heterocycles. The largest absolute Gasteiger partial charge is 0.420 e. The van der Waals surface area contributed by atoms with Crippen molar-refractivity contribution in [3.05, 3.63) is 34.4 Å². The molecule has 6 nitrogen and oxygen atoms in total. The molecule has 0 saturated carbocycles. The Morgan fingerprint density at radius 1 is 0.773 bits per heavy atom. The lowest BCUT2D eigenvalue weighted by atomic mass is 9.92. The summed E-state index contributed by atoms with van der Waals surface area (Å²) in [5.41, 5.74) is 3.20. The zero-order chi connectivity index (χ0) is 16.7. The second-order valence-electron chi connectivity index (χ2n) is 4.88. The van der Waals surface area contributed by atoms with Crippen molar-refractivity contribution in [3.63, 3.8) is 0 Å². The fraction of sp³-hybridized carbons (Fsp3) is 0.438. The topological polar surface area (TPSA) is 99.1 Å². The number of hydrogen-bond donors (Lipinski definition) is 0. The standard InChI is InChI=1S/C16H17N3O3/c1-10-15(12(3)21-8-18)5-14(11(2)20-7-17)6-16(10)13(4)22-9-19/h5-6,11-13H,1-4H3. The molecule has 6 heteroatoms. The Morgan fingerprint density at radius 3 is 1.50 bits per heavy atom. The SMILES string of the molecule is Cc1c(C(C)OC#N)cc(C(C)OC#N)cc1C(C)OC#N. The lowest BCUT2D eigenvalue weighted by Crippen LogP contribution is -2.08. The first kappa shape index (κ1) is 17.1. The maximum Gasteiger partial charge on any atom is 0.286 e. The van der Waals surface area contributed by atoms with Crippen molar-refractivity contribution in [2.45, 2.75) is 46.0 Å². The van der Waals surface area contributed by atoms with E-state index in [-0.39, 0.29) is 0 Å². The van der Waals surface area contributed by atoms with Crippen LogP contribution >= 0.6 is 0 Å². The van der Waals surface area contributed by atoms with Crippen LogP contribution in [-0.4, -0.2) is 0 Å². The Kier molecular flexibility index (Phi) is 6.05. The van der Waals surface area contributed by atoms with Crippen LogP contribution in [0.25, 0.3) is 0 Å². The molecule has 1 rings (SSSR count). The molecule has 1 aromatic rings. The fourth-order valence-electron chi connectivity index (χ4n) is 2.30. The van der Waals surface area contributed by atoms with E-state index in [1.165, 1.54) is 0 Å². The van der Waals surface area contributed by atoms with E-state index in [4.69, 9.17) is 30.0 Å². The van der Waals surface area contributed by atoms with Gasteiger partial charge in [0.2, 0.25) is 0 Å². The first-order valence-corrected chi connectivity index (χ1v) is 6.74. The highest BCUT2D eigenvalue weighted by molar-refractivity contribution is 5.41. The molecule has 3 unspecified atom stereocenters. The van der Waals surface area contributed by atoms with Gasteiger partial charge < -0.3 is 14.2 Å². The summed E-state index contributed by atoms with van der Waals surface area (Å²) in [6.45, 7) is 7.13. The quantitative estimate of drug-likeness (QED) is 0.743. The molecular formula is C16H17N3O3. The molecular weight excluding hydrogens is 282 g/mol. The van der Waals surface area contributed by atoms with Gasteiger partial charge in [0.1, 0.15) is 18.3 Å². The normalized spacial score (nSPS) is 13.7. The minimum atomic E-state index is -0.452. The van der Waals surface area contributed by atoms with Crippen molar-refractivity contribution >= 4 is 0 Å². The van der Waals surface area contributed by atoms with Crippen LogP contribution in [0.5, 0.6) is 0 Å². The van der Waals surface area contributed by atoms with Crippen molar-refractivity contribution in [1.82, 2.24) is 0 Å². The van der Waals surface area contributed by atoms with Crippen LogP contribution in [0.4, 0.5) is 0 Å². The Bertz CT molecular complexity index is 609. The van der Waals surface area contributed by atoms with Crippen LogP contribution in [0.2, 0.25) is 0 Å². The molecule has 0 spiro atoms. The van der Waals surface area contributed by atoms with E-state index in [9.17, 15) is 0 Å². The molecule has 0 fully saturated rings. The van der Waals surface area contributed by atoms with Gasteiger partial charge >= 0.3 is 0 Å². The van der Waals surface area contributed by atoms with Crippen molar-refractivity contribution in [3.8, 4) is 18.8 Å². The number of benzene rings is 1. The van der Waals surface area contributed by atoms with Gasteiger partial charge in [0.15, 0.2) is 0 Å². The zero-order valence-corrected chi connectivity index (χ0v) is 13.0. The lowest BCUT2D eigenvalue weighted by molar-refractivity contribution is 0.169. The van der Waals surface area contributed by atoms with Gasteiger partial charge in [-0.3, -0.25) is 0 Å². The van der Waals surface area contributed by atoms with Crippen molar-refractivity contribution in [1.29, 1.82) is 15.8 Å². The number of rotatable bonds is 6. The van der Waals surface area contributed by atoms with E-state index in [2.05, 4.69) is 0 Å². The highest BCUT2D eigenvalue weighted by Gasteiger charge is 2.20. The minimum Gasteiger partial charge on any atom is -0.420 e. The predicted octanol–water partition coefficient (Wildman–Crippen LogP) is 3.67. The molecule has 3 atom stereocenters. The number of nitriles is 3. The average molecular weight is 299 g/mol. The minimum absolute atomic E-state index is 0.452. The van der Waals surface area contributed by atoms with Crippen molar-refractivity contribution in [2.24, 2.45) is 0 Å². The first-order valence-electron chi connectivity index (χ1n) is 6.74. The molecule has 0 aliphatic carbocycles. The van der Waals surface area contributed by atoms with Crippen molar-refractivity contribution in [2.75, 3.05) is 0 Å². The van der Waals surface area contributed by atoms with Gasteiger partial charge in [0, 0.05) is 0 Å². The summed E-state index contributed by atoms with van der Waals surface area (Å²) in [5, 5.41) is 26.1. The van der Waals surface area contributed by atoms with Gasteiger partial charge in [-0.05, 0) is 62.1 Å². The third-order valence-corrected chi connectivity index (χ3v) is 3.54. The molecule has 0 radical (unpaired) electrons. The average Bonchev–Trinajstić information content (AvgIpc) is 2.48. The lowest BCUT2D eigenvalue weighted by Gasteiger charge is -2.21. The number of hydrogen-bond acceptors (Lipinski definition) is 6. The van der Waals surface area contributed by atoms with Gasteiger partial charge in [-0.25, -0.2) is 0 Å². The highest BCUT2D eigenvalue weighted by Crippen LogP contribution is 2.32. The Labute approximate surface area is 130 Å². The number of nitrogens with zero attached hydrogens (tertiary/aromatic N) is 3. The summed E-state index contributed by atoms with van der Waals surface area (Å²) in [6, 6.07) is 3.67. The zero-order valence-electron chi connectivity index (χ0n) is 13.0. The fourth-order valence-corrected chi connectivity index (χ4v) is 2.30. The van der Waals surface area contributed by atoms with E-state index in [1.807, 2.05) is 19.1 Å². The molecule has 0 aliphatic heterocycles. The molecule has 0 amide bonds. The maximum absolute atomic E-state index is 8.71. The predicted molar refractivity (Wildman–Crippen MR) is 76.5 cm³/mol. The third kappa shape index (κ3) is 3.81. The Balaban J connectivity index is 3.41. The van der Waals surface area contributed by atoms with E-state index in [1.54, 1.807) is 39.5 Å². The van der Waals surface area contributed by atoms with Crippen LogP contribution in [0.15, 0.2) is 12.1 Å². The Morgan fingerprint density at radius 2 is 1.14 bits per heavy atom. The smallest absolute Gasteiger partial charge is 0.286 e. The molecule has 0 heterocycles. The van der Waals surface area contributed by atoms with Gasteiger partial charge in [-0.15, -0.1) is 0 Å². The molecule has 0 saturated heterocycles. The van der Waals surface area contributed by atoms with E-state index >= 15 is 0 Å². The molecule has 22 heavy (non-hydrogen) atoms. The first-order chi connectivity index (χ1) is 10.5. The summed E-state index contributed by atoms with van der Waals surface area (Å²) in [7, 11) is 0. The maximum atomic E-state index is 8.71. The van der Waals surface area contributed by atoms with Gasteiger partial charge in [-0.1, -0.05) is 0 Å². The second-order valence-corrected chi connectivity index (χ2v) is 4.88. The van der Waals surface area contributed by atoms with Crippen LogP contribution < -0.4 is 0 Å². The monoisotopic (exact) mass is 299 g/mol. The molecule has 114 valence electrons. The number of ether oxygens (including phenoxy) is 3. The molecule has 1 aromatic carbocycles. The van der Waals surface area contributed by atoms with Gasteiger partial charge in [0.25, 0.3) is 18.8 Å². The molecule has 0 N–H and O–H groups in total. The summed E-state index contributed by atoms with van der Waals surface area (Å²) in [6.07, 6.45) is 3.65. The Hall–Kier alpha value is -2.91. The van der Waals surface area contributed by atoms with Crippen LogP contribution in [-0.2, 0) is 14.2 Å². The summed E-state index contributed by atoms with van der Waals surface area (Å²) >= 11 is 0. The second kappa shape index (κ2) is 7.76. The van der Waals surface area contributed by atoms with E-state index in [0.717, 1.165) is 22.3 Å². The summed E-state index contributed by atoms with van der Waals surface area (Å²) in [5.74, 6) is 0.